The minimum Gasteiger partial charge on any atom is -0.303 e. The fourth-order valence-electron chi connectivity index (χ4n) is 6.34. The molecule has 1 spiro atoms. The summed E-state index contributed by atoms with van der Waals surface area (Å²) in [6.45, 7) is 4.62. The summed E-state index contributed by atoms with van der Waals surface area (Å²) in [5.74, 6) is 2.50. The van der Waals surface area contributed by atoms with Gasteiger partial charge in [-0.15, -0.1) is 0 Å². The normalized spacial score (nSPS) is 65.2. The van der Waals surface area contributed by atoms with Gasteiger partial charge in [-0.25, -0.2) is 0 Å². The highest BCUT2D eigenvalue weighted by atomic mass is 16.1. The van der Waals surface area contributed by atoms with Crippen LogP contribution in [0.4, 0.5) is 0 Å². The molecule has 0 amide bonds. The third-order valence-electron chi connectivity index (χ3n) is 6.84. The lowest BCUT2D eigenvalue weighted by Gasteiger charge is -2.47. The molecule has 5 bridgehead atoms. The van der Waals surface area contributed by atoms with E-state index >= 15 is 0 Å². The van der Waals surface area contributed by atoms with E-state index in [2.05, 4.69) is 26.0 Å². The number of hydrogen-bond acceptors (Lipinski definition) is 1. The summed E-state index contributed by atoms with van der Waals surface area (Å²) in [5.41, 5.74) is 0.796. The van der Waals surface area contributed by atoms with E-state index in [9.17, 15) is 4.79 Å². The van der Waals surface area contributed by atoms with Gasteiger partial charge in [-0.05, 0) is 54.3 Å². The van der Waals surface area contributed by atoms with Gasteiger partial charge in [0.15, 0.2) is 0 Å². The molecule has 0 aromatic carbocycles. The topological polar surface area (TPSA) is 17.1 Å². The van der Waals surface area contributed by atoms with Crippen LogP contribution in [0.15, 0.2) is 12.2 Å². The lowest BCUT2D eigenvalue weighted by molar-refractivity contribution is -0.125. The van der Waals surface area contributed by atoms with Gasteiger partial charge in [0, 0.05) is 5.41 Å². The fourth-order valence-corrected chi connectivity index (χ4v) is 6.34. The second kappa shape index (κ2) is 2.32. The smallest absolute Gasteiger partial charge is 0.126 e. The Labute approximate surface area is 97.3 Å². The van der Waals surface area contributed by atoms with Crippen molar-refractivity contribution in [1.82, 2.24) is 0 Å². The van der Waals surface area contributed by atoms with Crippen LogP contribution in [0.2, 0.25) is 0 Å². The SMILES string of the molecule is CC1(C=O)CC23CC4C=CCC2C4C1(C)C3. The molecule has 6 unspecified atom stereocenters. The number of fused-ring (bicyclic) bond motifs is 1. The van der Waals surface area contributed by atoms with Crippen LogP contribution < -0.4 is 0 Å². The van der Waals surface area contributed by atoms with Crippen molar-refractivity contribution in [2.45, 2.75) is 39.5 Å². The van der Waals surface area contributed by atoms with Gasteiger partial charge in [0.25, 0.3) is 0 Å². The number of rotatable bonds is 1. The molecule has 0 aromatic rings. The van der Waals surface area contributed by atoms with E-state index in [4.69, 9.17) is 0 Å². The zero-order valence-electron chi connectivity index (χ0n) is 10.2. The second-order valence-corrected chi connectivity index (χ2v) is 7.33. The van der Waals surface area contributed by atoms with E-state index in [1.54, 1.807) is 0 Å². The van der Waals surface area contributed by atoms with E-state index < -0.39 is 0 Å². The van der Waals surface area contributed by atoms with Crippen molar-refractivity contribution >= 4 is 6.29 Å². The molecule has 0 aromatic heterocycles. The Kier molecular flexibility index (Phi) is 1.37. The van der Waals surface area contributed by atoms with Crippen LogP contribution in [-0.4, -0.2) is 6.29 Å². The van der Waals surface area contributed by atoms with E-state index in [0.29, 0.717) is 10.8 Å². The molecule has 16 heavy (non-hydrogen) atoms. The summed E-state index contributed by atoms with van der Waals surface area (Å²) in [6.07, 6.45) is 11.3. The number of allylic oxidation sites excluding steroid dienone is 2. The summed E-state index contributed by atoms with van der Waals surface area (Å²) < 4.78 is 0. The van der Waals surface area contributed by atoms with Gasteiger partial charge < -0.3 is 4.79 Å². The van der Waals surface area contributed by atoms with Crippen molar-refractivity contribution in [2.75, 3.05) is 0 Å². The van der Waals surface area contributed by atoms with Gasteiger partial charge in [0.05, 0.1) is 0 Å². The van der Waals surface area contributed by atoms with E-state index in [0.717, 1.165) is 17.8 Å². The van der Waals surface area contributed by atoms with Crippen LogP contribution in [0.1, 0.15) is 39.5 Å². The lowest BCUT2D eigenvalue weighted by atomic mass is 9.56. The molecular formula is C15H20O. The third-order valence-corrected chi connectivity index (χ3v) is 6.84. The maximum Gasteiger partial charge on any atom is 0.126 e. The van der Waals surface area contributed by atoms with Gasteiger partial charge in [-0.1, -0.05) is 26.0 Å². The molecule has 3 saturated carbocycles. The summed E-state index contributed by atoms with van der Waals surface area (Å²) in [6, 6.07) is 0. The molecule has 4 aliphatic carbocycles. The Morgan fingerprint density at radius 3 is 2.88 bits per heavy atom. The summed E-state index contributed by atoms with van der Waals surface area (Å²) in [7, 11) is 0. The van der Waals surface area contributed by atoms with Crippen molar-refractivity contribution in [3.63, 3.8) is 0 Å². The average Bonchev–Trinajstić information content (AvgIpc) is 2.68. The lowest BCUT2D eigenvalue weighted by Crippen LogP contribution is -2.45. The largest absolute Gasteiger partial charge is 0.303 e. The first-order valence-electron chi connectivity index (χ1n) is 6.68. The Morgan fingerprint density at radius 1 is 1.31 bits per heavy atom. The summed E-state index contributed by atoms with van der Waals surface area (Å²) in [4.78, 5) is 11.5. The zero-order chi connectivity index (χ0) is 11.2. The third kappa shape index (κ3) is 0.698. The van der Waals surface area contributed by atoms with Crippen LogP contribution in [0.3, 0.4) is 0 Å². The first-order valence-corrected chi connectivity index (χ1v) is 6.68. The molecule has 4 rings (SSSR count). The quantitative estimate of drug-likeness (QED) is 0.486. The zero-order valence-corrected chi connectivity index (χ0v) is 10.2. The Hall–Kier alpha value is -0.590. The number of carbonyl (C=O) groups excluding carboxylic acids is 1. The average molecular weight is 216 g/mol. The van der Waals surface area contributed by atoms with Crippen molar-refractivity contribution in [3.8, 4) is 0 Å². The molecule has 1 heteroatoms. The van der Waals surface area contributed by atoms with Crippen molar-refractivity contribution in [3.05, 3.63) is 12.2 Å². The number of carbonyl (C=O) groups is 1. The Balaban J connectivity index is 1.91. The Morgan fingerprint density at radius 2 is 2.12 bits per heavy atom. The van der Waals surface area contributed by atoms with Crippen LogP contribution in [0, 0.1) is 34.0 Å². The highest BCUT2D eigenvalue weighted by Crippen LogP contribution is 2.82. The monoisotopic (exact) mass is 216 g/mol. The molecule has 0 N–H and O–H groups in total. The molecule has 86 valence electrons. The molecule has 6 atom stereocenters. The van der Waals surface area contributed by atoms with Crippen molar-refractivity contribution in [2.24, 2.45) is 34.0 Å². The highest BCUT2D eigenvalue weighted by Gasteiger charge is 2.76. The Bertz CT molecular complexity index is 412. The summed E-state index contributed by atoms with van der Waals surface area (Å²) in [5, 5.41) is 0. The van der Waals surface area contributed by atoms with Crippen LogP contribution in [0.25, 0.3) is 0 Å². The van der Waals surface area contributed by atoms with Crippen LogP contribution in [-0.2, 0) is 4.79 Å². The van der Waals surface area contributed by atoms with Gasteiger partial charge in [0.1, 0.15) is 6.29 Å². The minimum atomic E-state index is -0.0336. The molecule has 4 aliphatic rings. The summed E-state index contributed by atoms with van der Waals surface area (Å²) >= 11 is 0. The first kappa shape index (κ1) is 9.44. The molecule has 3 fully saturated rings. The molecule has 1 nitrogen and oxygen atoms in total. The standard InChI is InChI=1S/C15H20O/c1-13(9-16)7-15-6-10-4-3-5-11(15)12(10)14(13,2)8-15/h3-4,9-12H,5-8H2,1-2H3. The minimum absolute atomic E-state index is 0.0336. The van der Waals surface area contributed by atoms with Gasteiger partial charge in [0.2, 0.25) is 0 Å². The highest BCUT2D eigenvalue weighted by molar-refractivity contribution is 5.63. The number of aldehydes is 1. The fraction of sp³-hybridized carbons (Fsp3) is 0.800. The van der Waals surface area contributed by atoms with E-state index in [1.165, 1.54) is 32.0 Å². The molecular weight excluding hydrogens is 196 g/mol. The van der Waals surface area contributed by atoms with E-state index in [1.807, 2.05) is 0 Å². The molecule has 0 aliphatic heterocycles. The van der Waals surface area contributed by atoms with Gasteiger partial charge in [-0.3, -0.25) is 0 Å². The van der Waals surface area contributed by atoms with E-state index in [-0.39, 0.29) is 5.41 Å². The predicted molar refractivity (Wildman–Crippen MR) is 62.8 cm³/mol. The molecule has 0 saturated heterocycles. The first-order chi connectivity index (χ1) is 7.55. The van der Waals surface area contributed by atoms with Crippen molar-refractivity contribution in [1.29, 1.82) is 0 Å². The van der Waals surface area contributed by atoms with Gasteiger partial charge in [-0.2, -0.15) is 0 Å². The van der Waals surface area contributed by atoms with Crippen molar-refractivity contribution < 1.29 is 4.79 Å². The van der Waals surface area contributed by atoms with Crippen LogP contribution >= 0.6 is 0 Å². The molecule has 0 radical (unpaired) electrons. The molecule has 0 heterocycles. The maximum atomic E-state index is 11.5. The predicted octanol–water partition coefficient (Wildman–Crippen LogP) is 3.20. The number of hydrogen-bond donors (Lipinski definition) is 0. The maximum absolute atomic E-state index is 11.5. The second-order valence-electron chi connectivity index (χ2n) is 7.33. The van der Waals surface area contributed by atoms with Gasteiger partial charge >= 0.3 is 0 Å². The van der Waals surface area contributed by atoms with Crippen LogP contribution in [0.5, 0.6) is 0 Å².